The van der Waals surface area contributed by atoms with Crippen LogP contribution in [0.2, 0.25) is 0 Å². The molecule has 0 aliphatic carbocycles. The van der Waals surface area contributed by atoms with E-state index in [-0.39, 0.29) is 0 Å². The molecule has 0 aromatic rings. The first-order valence-electron chi connectivity index (χ1n) is 8.05. The summed E-state index contributed by atoms with van der Waals surface area (Å²) in [6.07, 6.45) is 12.3. The molecule has 0 amide bonds. The van der Waals surface area contributed by atoms with E-state index in [0.29, 0.717) is 6.61 Å². The van der Waals surface area contributed by atoms with E-state index >= 15 is 0 Å². The molecule has 0 spiro atoms. The molecule has 1 N–H and O–H groups in total. The zero-order valence-corrected chi connectivity index (χ0v) is 13.7. The Hall–Kier alpha value is -0.830. The maximum Gasteiger partial charge on any atom is 0.332 e. The van der Waals surface area contributed by atoms with E-state index in [1.807, 2.05) is 6.08 Å². The number of hydrogen-bond donors (Lipinski definition) is 1. The van der Waals surface area contributed by atoms with Crippen molar-refractivity contribution in [2.75, 3.05) is 6.61 Å². The number of carboxylic acid groups (broad SMARTS) is 1. The van der Waals surface area contributed by atoms with Gasteiger partial charge in [-0.3, -0.25) is 0 Å². The number of unbranched alkanes of at least 4 members (excludes halogenated alkanes) is 7. The van der Waals surface area contributed by atoms with Crippen LogP contribution in [0.4, 0.5) is 0 Å². The van der Waals surface area contributed by atoms with Crippen molar-refractivity contribution in [1.82, 2.24) is 0 Å². The third-order valence-corrected chi connectivity index (χ3v) is 3.00. The maximum absolute atomic E-state index is 10.4. The molecule has 0 bridgehead atoms. The van der Waals surface area contributed by atoms with Crippen molar-refractivity contribution in [1.29, 1.82) is 0 Å². The third kappa shape index (κ3) is 19.5. The van der Waals surface area contributed by atoms with Crippen molar-refractivity contribution in [2.45, 2.75) is 84.7 Å². The molecule has 0 aliphatic heterocycles. The van der Waals surface area contributed by atoms with Gasteiger partial charge in [-0.15, -0.1) is 6.58 Å². The highest BCUT2D eigenvalue weighted by Gasteiger charge is 2.09. The van der Waals surface area contributed by atoms with Crippen LogP contribution in [-0.4, -0.2) is 23.8 Å². The summed E-state index contributed by atoms with van der Waals surface area (Å²) in [6.45, 7) is 9.91. The summed E-state index contributed by atoms with van der Waals surface area (Å²) in [5.41, 5.74) is 0. The molecule has 20 heavy (non-hydrogen) atoms. The molecule has 0 fully saturated rings. The van der Waals surface area contributed by atoms with Crippen LogP contribution in [-0.2, 0) is 9.53 Å². The molecule has 0 aromatic carbocycles. The molecule has 3 nitrogen and oxygen atoms in total. The molecule has 0 aliphatic rings. The smallest absolute Gasteiger partial charge is 0.332 e. The van der Waals surface area contributed by atoms with Crippen LogP contribution in [0.5, 0.6) is 0 Å². The van der Waals surface area contributed by atoms with Gasteiger partial charge in [-0.2, -0.15) is 0 Å². The summed E-state index contributed by atoms with van der Waals surface area (Å²) in [7, 11) is 0. The molecule has 0 saturated heterocycles. The molecular formula is C17H34O3. The largest absolute Gasteiger partial charge is 0.479 e. The van der Waals surface area contributed by atoms with Gasteiger partial charge in [-0.05, 0) is 19.8 Å². The summed E-state index contributed by atoms with van der Waals surface area (Å²) < 4.78 is 5.15. The van der Waals surface area contributed by atoms with Gasteiger partial charge in [0.05, 0.1) is 0 Å². The number of hydrogen-bond acceptors (Lipinski definition) is 2. The van der Waals surface area contributed by atoms with Crippen molar-refractivity contribution in [3.05, 3.63) is 12.7 Å². The van der Waals surface area contributed by atoms with Gasteiger partial charge in [0, 0.05) is 6.61 Å². The molecular weight excluding hydrogens is 252 g/mol. The first kappa shape index (κ1) is 21.5. The first-order valence-corrected chi connectivity index (χ1v) is 8.05. The highest BCUT2D eigenvalue weighted by molar-refractivity contribution is 5.71. The lowest BCUT2D eigenvalue weighted by molar-refractivity contribution is -0.149. The summed E-state index contributed by atoms with van der Waals surface area (Å²) in [4.78, 5) is 10.4. The minimum atomic E-state index is -0.875. The Morgan fingerprint density at radius 2 is 1.55 bits per heavy atom. The van der Waals surface area contributed by atoms with E-state index in [0.717, 1.165) is 19.3 Å². The fraction of sp³-hybridized carbons (Fsp3) is 0.824. The Labute approximate surface area is 125 Å². The fourth-order valence-corrected chi connectivity index (χ4v) is 1.57. The van der Waals surface area contributed by atoms with Crippen LogP contribution in [0, 0.1) is 0 Å². The quantitative estimate of drug-likeness (QED) is 0.396. The lowest BCUT2D eigenvalue weighted by Crippen LogP contribution is -2.20. The van der Waals surface area contributed by atoms with Crippen molar-refractivity contribution < 1.29 is 14.6 Å². The molecule has 0 saturated carbocycles. The van der Waals surface area contributed by atoms with Crippen LogP contribution < -0.4 is 0 Å². The van der Waals surface area contributed by atoms with Crippen LogP contribution in [0.1, 0.15) is 78.6 Å². The molecule has 120 valence electrons. The number of carbonyl (C=O) groups is 1. The van der Waals surface area contributed by atoms with Gasteiger partial charge in [-0.25, -0.2) is 4.79 Å². The SMILES string of the molecule is C=CCC.CCCCCCCCCCOC(C)C(=O)O. The average molecular weight is 286 g/mol. The molecule has 3 heteroatoms. The van der Waals surface area contributed by atoms with E-state index in [1.165, 1.54) is 38.5 Å². The van der Waals surface area contributed by atoms with Crippen molar-refractivity contribution in [2.24, 2.45) is 0 Å². The minimum Gasteiger partial charge on any atom is -0.479 e. The second kappa shape index (κ2) is 18.2. The molecule has 0 rings (SSSR count). The monoisotopic (exact) mass is 286 g/mol. The second-order valence-corrected chi connectivity index (χ2v) is 5.02. The lowest BCUT2D eigenvalue weighted by atomic mass is 10.1. The van der Waals surface area contributed by atoms with Gasteiger partial charge in [0.2, 0.25) is 0 Å². The number of allylic oxidation sites excluding steroid dienone is 1. The highest BCUT2D eigenvalue weighted by Crippen LogP contribution is 2.08. The Morgan fingerprint density at radius 1 is 1.10 bits per heavy atom. The zero-order chi connectivity index (χ0) is 15.6. The Bertz CT molecular complexity index is 214. The van der Waals surface area contributed by atoms with Crippen LogP contribution in [0.25, 0.3) is 0 Å². The summed E-state index contributed by atoms with van der Waals surface area (Å²) in [6, 6.07) is 0. The van der Waals surface area contributed by atoms with Crippen molar-refractivity contribution in [3.63, 3.8) is 0 Å². The predicted octanol–water partition coefficient (Wildman–Crippen LogP) is 5.20. The van der Waals surface area contributed by atoms with E-state index in [4.69, 9.17) is 9.84 Å². The summed E-state index contributed by atoms with van der Waals surface area (Å²) in [5.74, 6) is -0.875. The number of aliphatic carboxylic acids is 1. The third-order valence-electron chi connectivity index (χ3n) is 3.00. The number of rotatable bonds is 12. The Morgan fingerprint density at radius 3 is 1.95 bits per heavy atom. The average Bonchev–Trinajstić information content (AvgIpc) is 2.45. The summed E-state index contributed by atoms with van der Waals surface area (Å²) >= 11 is 0. The highest BCUT2D eigenvalue weighted by atomic mass is 16.5. The van der Waals surface area contributed by atoms with Crippen molar-refractivity contribution in [3.8, 4) is 0 Å². The molecule has 1 atom stereocenters. The lowest BCUT2D eigenvalue weighted by Gasteiger charge is -2.07. The van der Waals surface area contributed by atoms with E-state index < -0.39 is 12.1 Å². The van der Waals surface area contributed by atoms with E-state index in [2.05, 4.69) is 20.4 Å². The van der Waals surface area contributed by atoms with Gasteiger partial charge in [-0.1, -0.05) is 64.9 Å². The Balaban J connectivity index is 0. The summed E-state index contributed by atoms with van der Waals surface area (Å²) in [5, 5.41) is 8.58. The van der Waals surface area contributed by atoms with Gasteiger partial charge >= 0.3 is 5.97 Å². The molecule has 1 unspecified atom stereocenters. The minimum absolute atomic E-state index is 0.572. The normalized spacial score (nSPS) is 11.3. The maximum atomic E-state index is 10.4. The van der Waals surface area contributed by atoms with Gasteiger partial charge in [0.15, 0.2) is 6.10 Å². The topological polar surface area (TPSA) is 46.5 Å². The number of ether oxygens (including phenoxy) is 1. The van der Waals surface area contributed by atoms with Gasteiger partial charge in [0.25, 0.3) is 0 Å². The van der Waals surface area contributed by atoms with E-state index in [9.17, 15) is 4.79 Å². The van der Waals surface area contributed by atoms with Crippen LogP contribution in [0.15, 0.2) is 12.7 Å². The number of carboxylic acids is 1. The molecule has 0 heterocycles. The van der Waals surface area contributed by atoms with Gasteiger partial charge in [0.1, 0.15) is 0 Å². The second-order valence-electron chi connectivity index (χ2n) is 5.02. The van der Waals surface area contributed by atoms with Crippen LogP contribution >= 0.6 is 0 Å². The predicted molar refractivity (Wildman–Crippen MR) is 86.1 cm³/mol. The first-order chi connectivity index (χ1) is 9.59. The molecule has 0 aromatic heterocycles. The standard InChI is InChI=1S/C13H26O3.C4H8/c1-3-4-5-6-7-8-9-10-11-16-12(2)13(14)15;1-3-4-2/h12H,3-11H2,1-2H3,(H,14,15);3H,1,4H2,2H3. The van der Waals surface area contributed by atoms with Crippen LogP contribution in [0.3, 0.4) is 0 Å². The molecule has 0 radical (unpaired) electrons. The Kier molecular flexibility index (Phi) is 19.5. The van der Waals surface area contributed by atoms with Crippen molar-refractivity contribution >= 4 is 5.97 Å². The fourth-order valence-electron chi connectivity index (χ4n) is 1.57. The zero-order valence-electron chi connectivity index (χ0n) is 13.7. The van der Waals surface area contributed by atoms with Gasteiger partial charge < -0.3 is 9.84 Å². The van der Waals surface area contributed by atoms with E-state index in [1.54, 1.807) is 6.92 Å².